The molecule has 1 aromatic carbocycles. The van der Waals surface area contributed by atoms with Crippen LogP contribution in [0.3, 0.4) is 0 Å². The topological polar surface area (TPSA) is 29.3 Å². The highest BCUT2D eigenvalue weighted by atomic mass is 32.1. The normalized spacial score (nSPS) is 17.2. The van der Waals surface area contributed by atoms with Gasteiger partial charge in [0.05, 0.1) is 5.69 Å². The third kappa shape index (κ3) is 1.77. The van der Waals surface area contributed by atoms with Crippen LogP contribution in [0.15, 0.2) is 42.0 Å². The number of nitrogens with zero attached hydrogens (tertiary/aromatic N) is 2. The van der Waals surface area contributed by atoms with Crippen molar-refractivity contribution in [3.63, 3.8) is 0 Å². The van der Waals surface area contributed by atoms with Gasteiger partial charge in [0, 0.05) is 42.7 Å². The number of hydrogen-bond donors (Lipinski definition) is 1. The zero-order valence-electron chi connectivity index (χ0n) is 10.8. The Balaban J connectivity index is 1.71. The highest BCUT2D eigenvalue weighted by Crippen LogP contribution is 2.34. The Kier molecular flexibility index (Phi) is 2.65. The van der Waals surface area contributed by atoms with Gasteiger partial charge in [-0.3, -0.25) is 4.40 Å². The summed E-state index contributed by atoms with van der Waals surface area (Å²) in [5.41, 5.74) is 1.67. The Morgan fingerprint density at radius 1 is 1.35 bits per heavy atom. The predicted molar refractivity (Wildman–Crippen MR) is 77.7 cm³/mol. The van der Waals surface area contributed by atoms with E-state index in [1.54, 1.807) is 23.5 Å². The van der Waals surface area contributed by atoms with Crippen LogP contribution in [0.2, 0.25) is 0 Å². The van der Waals surface area contributed by atoms with E-state index in [0.29, 0.717) is 0 Å². The standard InChI is InChI=1S/C15H14FN3S/c16-13-4-2-1-3-12(13)15(9-17-10-15)7-11-8-19-5-6-20-14(19)18-11/h1-6,8,17H,7,9-10H2. The number of aromatic nitrogens is 2. The first-order chi connectivity index (χ1) is 9.77. The van der Waals surface area contributed by atoms with Crippen molar-refractivity contribution < 1.29 is 4.39 Å². The third-order valence-electron chi connectivity index (χ3n) is 4.03. The molecule has 3 heterocycles. The third-order valence-corrected chi connectivity index (χ3v) is 4.81. The second kappa shape index (κ2) is 4.40. The summed E-state index contributed by atoms with van der Waals surface area (Å²) in [7, 11) is 0. The Labute approximate surface area is 120 Å². The molecular weight excluding hydrogens is 273 g/mol. The van der Waals surface area contributed by atoms with Crippen LogP contribution in [0.1, 0.15) is 11.3 Å². The Bertz CT molecular complexity index is 729. The molecular formula is C15H14FN3S. The van der Waals surface area contributed by atoms with Crippen LogP contribution in [0.4, 0.5) is 4.39 Å². The van der Waals surface area contributed by atoms with E-state index in [-0.39, 0.29) is 11.2 Å². The van der Waals surface area contributed by atoms with Crippen molar-refractivity contribution in [3.8, 4) is 0 Å². The van der Waals surface area contributed by atoms with E-state index in [1.165, 1.54) is 0 Å². The van der Waals surface area contributed by atoms with Gasteiger partial charge >= 0.3 is 0 Å². The molecule has 0 aliphatic carbocycles. The van der Waals surface area contributed by atoms with Crippen molar-refractivity contribution in [2.75, 3.05) is 13.1 Å². The summed E-state index contributed by atoms with van der Waals surface area (Å²) in [5.74, 6) is -0.116. The van der Waals surface area contributed by atoms with Crippen LogP contribution in [0.25, 0.3) is 4.96 Å². The van der Waals surface area contributed by atoms with E-state index in [1.807, 2.05) is 34.3 Å². The predicted octanol–water partition coefficient (Wildman–Crippen LogP) is 2.62. The van der Waals surface area contributed by atoms with Crippen molar-refractivity contribution in [2.24, 2.45) is 0 Å². The van der Waals surface area contributed by atoms with Crippen LogP contribution in [-0.2, 0) is 11.8 Å². The molecule has 1 N–H and O–H groups in total. The molecule has 4 rings (SSSR count). The van der Waals surface area contributed by atoms with Crippen LogP contribution in [0.5, 0.6) is 0 Å². The fraction of sp³-hybridized carbons (Fsp3) is 0.267. The fourth-order valence-electron chi connectivity index (χ4n) is 2.94. The van der Waals surface area contributed by atoms with Gasteiger partial charge in [-0.1, -0.05) is 18.2 Å². The first-order valence-electron chi connectivity index (χ1n) is 6.64. The monoisotopic (exact) mass is 287 g/mol. The SMILES string of the molecule is Fc1ccccc1C1(Cc2cn3ccsc3n2)CNC1. The molecule has 0 radical (unpaired) electrons. The van der Waals surface area contributed by atoms with Gasteiger partial charge in [0.25, 0.3) is 0 Å². The highest BCUT2D eigenvalue weighted by molar-refractivity contribution is 7.15. The fourth-order valence-corrected chi connectivity index (χ4v) is 3.66. The van der Waals surface area contributed by atoms with Crippen molar-refractivity contribution >= 4 is 16.3 Å². The molecule has 0 saturated carbocycles. The molecule has 0 amide bonds. The minimum atomic E-state index is -0.157. The van der Waals surface area contributed by atoms with Crippen molar-refractivity contribution in [2.45, 2.75) is 11.8 Å². The average molecular weight is 287 g/mol. The molecule has 5 heteroatoms. The van der Waals surface area contributed by atoms with Crippen molar-refractivity contribution in [3.05, 3.63) is 59.1 Å². The molecule has 102 valence electrons. The minimum Gasteiger partial charge on any atom is -0.315 e. The first kappa shape index (κ1) is 12.1. The van der Waals surface area contributed by atoms with Crippen molar-refractivity contribution in [1.82, 2.24) is 14.7 Å². The summed E-state index contributed by atoms with van der Waals surface area (Å²) in [4.78, 5) is 5.62. The first-order valence-corrected chi connectivity index (χ1v) is 7.52. The molecule has 20 heavy (non-hydrogen) atoms. The number of rotatable bonds is 3. The summed E-state index contributed by atoms with van der Waals surface area (Å²) < 4.78 is 16.1. The van der Waals surface area contributed by atoms with Gasteiger partial charge in [0.2, 0.25) is 0 Å². The number of thiazole rings is 1. The lowest BCUT2D eigenvalue weighted by atomic mass is 9.72. The number of hydrogen-bond acceptors (Lipinski definition) is 3. The lowest BCUT2D eigenvalue weighted by Gasteiger charge is -2.43. The zero-order valence-corrected chi connectivity index (χ0v) is 11.7. The van der Waals surface area contributed by atoms with Gasteiger partial charge in [-0.05, 0) is 11.6 Å². The molecule has 0 bridgehead atoms. The molecule has 0 atom stereocenters. The van der Waals surface area contributed by atoms with Crippen molar-refractivity contribution in [1.29, 1.82) is 0 Å². The molecule has 1 aliphatic heterocycles. The van der Waals surface area contributed by atoms with Crippen LogP contribution < -0.4 is 5.32 Å². The van der Waals surface area contributed by atoms with Gasteiger partial charge in [-0.2, -0.15) is 0 Å². The zero-order chi connectivity index (χ0) is 13.6. The summed E-state index contributed by atoms with van der Waals surface area (Å²) in [6, 6.07) is 7.09. The highest BCUT2D eigenvalue weighted by Gasteiger charge is 2.41. The Hall–Kier alpha value is -1.72. The second-order valence-electron chi connectivity index (χ2n) is 5.37. The molecule has 1 aliphatic rings. The number of imidazole rings is 1. The number of nitrogens with one attached hydrogen (secondary N) is 1. The van der Waals surface area contributed by atoms with Gasteiger partial charge in [-0.15, -0.1) is 11.3 Å². The lowest BCUT2D eigenvalue weighted by Crippen LogP contribution is -2.58. The van der Waals surface area contributed by atoms with Gasteiger partial charge in [0.1, 0.15) is 5.82 Å². The van der Waals surface area contributed by atoms with Gasteiger partial charge in [0.15, 0.2) is 4.96 Å². The van der Waals surface area contributed by atoms with E-state index < -0.39 is 0 Å². The summed E-state index contributed by atoms with van der Waals surface area (Å²) in [6.07, 6.45) is 4.83. The summed E-state index contributed by atoms with van der Waals surface area (Å²) in [6.45, 7) is 1.61. The summed E-state index contributed by atoms with van der Waals surface area (Å²) in [5, 5.41) is 5.29. The maximum atomic E-state index is 14.1. The second-order valence-corrected chi connectivity index (χ2v) is 6.24. The largest absolute Gasteiger partial charge is 0.315 e. The van der Waals surface area contributed by atoms with E-state index in [4.69, 9.17) is 0 Å². The van der Waals surface area contributed by atoms with Crippen LogP contribution in [-0.4, -0.2) is 22.5 Å². The van der Waals surface area contributed by atoms with Crippen LogP contribution >= 0.6 is 11.3 Å². The number of halogens is 1. The van der Waals surface area contributed by atoms with E-state index in [9.17, 15) is 4.39 Å². The Morgan fingerprint density at radius 3 is 2.90 bits per heavy atom. The number of benzene rings is 1. The lowest BCUT2D eigenvalue weighted by molar-refractivity contribution is 0.264. The molecule has 2 aromatic heterocycles. The minimum absolute atomic E-state index is 0.116. The quantitative estimate of drug-likeness (QED) is 0.802. The van der Waals surface area contributed by atoms with Gasteiger partial charge < -0.3 is 5.32 Å². The van der Waals surface area contributed by atoms with E-state index >= 15 is 0 Å². The average Bonchev–Trinajstić information content (AvgIpc) is 2.95. The number of fused-ring (bicyclic) bond motifs is 1. The molecule has 1 saturated heterocycles. The molecule has 1 fully saturated rings. The molecule has 3 aromatic rings. The van der Waals surface area contributed by atoms with Crippen LogP contribution in [0, 0.1) is 5.82 Å². The van der Waals surface area contributed by atoms with E-state index in [2.05, 4.69) is 10.3 Å². The molecule has 3 nitrogen and oxygen atoms in total. The smallest absolute Gasteiger partial charge is 0.193 e. The molecule has 0 spiro atoms. The van der Waals surface area contributed by atoms with Gasteiger partial charge in [-0.25, -0.2) is 9.37 Å². The van der Waals surface area contributed by atoms with E-state index in [0.717, 1.165) is 35.7 Å². The Morgan fingerprint density at radius 2 is 2.20 bits per heavy atom. The maximum Gasteiger partial charge on any atom is 0.193 e. The molecule has 0 unspecified atom stereocenters. The maximum absolute atomic E-state index is 14.1. The summed E-state index contributed by atoms with van der Waals surface area (Å²) >= 11 is 1.62.